The Morgan fingerprint density at radius 2 is 1.42 bits per heavy atom. The molecule has 0 spiro atoms. The molecule has 0 aliphatic rings. The third kappa shape index (κ3) is 4.22. The van der Waals surface area contributed by atoms with E-state index in [0.717, 1.165) is 0 Å². The number of rotatable bonds is 7. The number of anilines is 3. The van der Waals surface area contributed by atoms with Crippen molar-refractivity contribution < 1.29 is 4.79 Å². The number of aromatic nitrogens is 3. The second kappa shape index (κ2) is 8.29. The normalized spacial score (nSPS) is 11.4. The second-order valence-electron chi connectivity index (χ2n) is 5.68. The summed E-state index contributed by atoms with van der Waals surface area (Å²) in [4.78, 5) is 31.9. The molecule has 0 fully saturated rings. The molecule has 1 aromatic heterocycles. The average Bonchev–Trinajstić information content (AvgIpc) is 2.55. The molecule has 0 N–H and O–H groups in total. The highest BCUT2D eigenvalue weighted by Gasteiger charge is 2.28. The number of amides is 1. The molecule has 24 heavy (non-hydrogen) atoms. The van der Waals surface area contributed by atoms with Gasteiger partial charge in [-0.25, -0.2) is 4.90 Å². The van der Waals surface area contributed by atoms with Gasteiger partial charge in [0.1, 0.15) is 6.04 Å². The van der Waals surface area contributed by atoms with Crippen LogP contribution in [0.4, 0.5) is 17.8 Å². The molecule has 0 bridgehead atoms. The minimum Gasteiger partial charge on any atom is -0.347 e. The summed E-state index contributed by atoms with van der Waals surface area (Å²) in [7, 11) is 7.22. The van der Waals surface area contributed by atoms with Crippen molar-refractivity contribution in [2.45, 2.75) is 26.8 Å². The number of nitrogens with zero attached hydrogens (tertiary/aromatic N) is 8. The molecule has 0 aromatic carbocycles. The summed E-state index contributed by atoms with van der Waals surface area (Å²) in [5.41, 5.74) is 0. The van der Waals surface area contributed by atoms with E-state index in [2.05, 4.69) is 15.0 Å². The first kappa shape index (κ1) is 19.4. The van der Waals surface area contributed by atoms with Crippen molar-refractivity contribution in [2.75, 3.05) is 56.0 Å². The van der Waals surface area contributed by atoms with Crippen LogP contribution < -0.4 is 14.7 Å². The van der Waals surface area contributed by atoms with Gasteiger partial charge in [0.25, 0.3) is 0 Å². The zero-order valence-electron chi connectivity index (χ0n) is 15.5. The largest absolute Gasteiger partial charge is 0.347 e. The monoisotopic (exact) mass is 334 g/mol. The molecular weight excluding hydrogens is 308 g/mol. The number of carbonyl (C=O) groups excluding carboxylic acids is 1. The maximum atomic E-state index is 12.6. The maximum Gasteiger partial charge on any atom is 0.246 e. The minimum absolute atomic E-state index is 0.139. The van der Waals surface area contributed by atoms with Crippen LogP contribution in [-0.2, 0) is 4.79 Å². The Bertz CT molecular complexity index is 580. The molecule has 0 saturated carbocycles. The van der Waals surface area contributed by atoms with Crippen LogP contribution in [-0.4, -0.2) is 73.1 Å². The number of likely N-dealkylation sites (N-methyl/N-ethyl adjacent to an activating group) is 1. The summed E-state index contributed by atoms with van der Waals surface area (Å²) in [6, 6.07) is -0.692. The van der Waals surface area contributed by atoms with Crippen LogP contribution in [0.5, 0.6) is 0 Å². The van der Waals surface area contributed by atoms with Crippen molar-refractivity contribution in [1.29, 1.82) is 5.26 Å². The predicted molar refractivity (Wildman–Crippen MR) is 94.0 cm³/mol. The lowest BCUT2D eigenvalue weighted by molar-refractivity contribution is -0.131. The van der Waals surface area contributed by atoms with Gasteiger partial charge in [-0.15, -0.1) is 0 Å². The molecule has 1 rings (SSSR count). The van der Waals surface area contributed by atoms with Gasteiger partial charge in [-0.1, -0.05) is 0 Å². The number of hydrogen-bond acceptors (Lipinski definition) is 8. The maximum absolute atomic E-state index is 12.6. The summed E-state index contributed by atoms with van der Waals surface area (Å²) in [5.74, 6) is 0.866. The van der Waals surface area contributed by atoms with Crippen LogP contribution in [0.1, 0.15) is 20.8 Å². The Morgan fingerprint density at radius 1 is 1.00 bits per heavy atom. The highest BCUT2D eigenvalue weighted by atomic mass is 16.2. The summed E-state index contributed by atoms with van der Waals surface area (Å²) in [6.45, 7) is 6.66. The van der Waals surface area contributed by atoms with Gasteiger partial charge >= 0.3 is 0 Å². The highest BCUT2D eigenvalue weighted by molar-refractivity contribution is 5.85. The molecular formula is C15H26N8O. The number of carbonyl (C=O) groups is 1. The quantitative estimate of drug-likeness (QED) is 0.527. The molecule has 0 unspecified atom stereocenters. The van der Waals surface area contributed by atoms with Crippen LogP contribution in [0.15, 0.2) is 0 Å². The Hall–Kier alpha value is -2.63. The zero-order chi connectivity index (χ0) is 18.4. The summed E-state index contributed by atoms with van der Waals surface area (Å²) >= 11 is 0. The van der Waals surface area contributed by atoms with Gasteiger partial charge in [-0.2, -0.15) is 20.2 Å². The van der Waals surface area contributed by atoms with Gasteiger partial charge in [-0.05, 0) is 20.8 Å². The van der Waals surface area contributed by atoms with E-state index in [1.807, 2.05) is 20.0 Å². The number of hydrogen-bond donors (Lipinski definition) is 0. The van der Waals surface area contributed by atoms with Crippen LogP contribution in [0, 0.1) is 11.5 Å². The fourth-order valence-corrected chi connectivity index (χ4v) is 2.07. The van der Waals surface area contributed by atoms with Gasteiger partial charge in [0.15, 0.2) is 6.19 Å². The van der Waals surface area contributed by atoms with Crippen LogP contribution >= 0.6 is 0 Å². The van der Waals surface area contributed by atoms with Crippen molar-refractivity contribution in [2.24, 2.45) is 0 Å². The Kier molecular flexibility index (Phi) is 6.70. The fraction of sp³-hybridized carbons (Fsp3) is 0.667. The molecule has 0 aliphatic heterocycles. The Morgan fingerprint density at radius 3 is 1.75 bits per heavy atom. The van der Waals surface area contributed by atoms with E-state index >= 15 is 0 Å². The van der Waals surface area contributed by atoms with E-state index < -0.39 is 6.04 Å². The standard InChI is InChI=1S/C15H26N8O/c1-8-22(9-2)12(24)11(3)23(10-16)15-18-13(20(4)5)17-14(19-15)21(6)7/h11H,8-9H2,1-7H3/t11-/m0/s1. The van der Waals surface area contributed by atoms with Crippen molar-refractivity contribution in [3.8, 4) is 6.19 Å². The third-order valence-corrected chi connectivity index (χ3v) is 3.54. The average molecular weight is 334 g/mol. The molecule has 1 aromatic rings. The molecule has 9 nitrogen and oxygen atoms in total. The van der Waals surface area contributed by atoms with Gasteiger partial charge in [0.2, 0.25) is 23.8 Å². The van der Waals surface area contributed by atoms with E-state index in [1.165, 1.54) is 4.90 Å². The summed E-state index contributed by atoms with van der Waals surface area (Å²) in [5, 5.41) is 9.56. The van der Waals surface area contributed by atoms with Crippen molar-refractivity contribution in [1.82, 2.24) is 19.9 Å². The minimum atomic E-state index is -0.692. The van der Waals surface area contributed by atoms with Gasteiger partial charge in [0, 0.05) is 41.3 Å². The Labute approximate surface area is 143 Å². The molecule has 9 heteroatoms. The highest BCUT2D eigenvalue weighted by Crippen LogP contribution is 2.19. The van der Waals surface area contributed by atoms with E-state index in [1.54, 1.807) is 49.8 Å². The lowest BCUT2D eigenvalue weighted by atomic mass is 10.2. The van der Waals surface area contributed by atoms with Crippen molar-refractivity contribution in [3.63, 3.8) is 0 Å². The molecule has 0 saturated heterocycles. The van der Waals surface area contributed by atoms with Gasteiger partial charge in [0.05, 0.1) is 0 Å². The fourth-order valence-electron chi connectivity index (χ4n) is 2.07. The smallest absolute Gasteiger partial charge is 0.246 e. The SMILES string of the molecule is CCN(CC)C(=O)[C@H](C)N(C#N)c1nc(N(C)C)nc(N(C)C)n1. The topological polar surface area (TPSA) is 92.5 Å². The Balaban J connectivity index is 3.29. The molecule has 1 amide bonds. The second-order valence-corrected chi connectivity index (χ2v) is 5.68. The first-order valence-corrected chi connectivity index (χ1v) is 7.85. The lowest BCUT2D eigenvalue weighted by Gasteiger charge is -2.27. The molecule has 132 valence electrons. The van der Waals surface area contributed by atoms with Crippen LogP contribution in [0.3, 0.4) is 0 Å². The van der Waals surface area contributed by atoms with E-state index in [-0.39, 0.29) is 11.9 Å². The van der Waals surface area contributed by atoms with Gasteiger partial charge < -0.3 is 14.7 Å². The lowest BCUT2D eigenvalue weighted by Crippen LogP contribution is -2.46. The molecule has 0 aliphatic carbocycles. The third-order valence-electron chi connectivity index (χ3n) is 3.54. The van der Waals surface area contributed by atoms with E-state index in [0.29, 0.717) is 25.0 Å². The summed E-state index contributed by atoms with van der Waals surface area (Å²) < 4.78 is 0. The molecule has 1 heterocycles. The number of nitriles is 1. The zero-order valence-corrected chi connectivity index (χ0v) is 15.5. The van der Waals surface area contributed by atoms with Crippen LogP contribution in [0.2, 0.25) is 0 Å². The first-order valence-electron chi connectivity index (χ1n) is 7.85. The summed E-state index contributed by atoms with van der Waals surface area (Å²) in [6.07, 6.45) is 2.03. The van der Waals surface area contributed by atoms with Crippen LogP contribution in [0.25, 0.3) is 0 Å². The molecule has 1 atom stereocenters. The van der Waals surface area contributed by atoms with E-state index in [4.69, 9.17) is 0 Å². The van der Waals surface area contributed by atoms with Crippen molar-refractivity contribution >= 4 is 23.8 Å². The first-order chi connectivity index (χ1) is 11.3. The molecule has 0 radical (unpaired) electrons. The van der Waals surface area contributed by atoms with E-state index in [9.17, 15) is 10.1 Å². The van der Waals surface area contributed by atoms with Gasteiger partial charge in [-0.3, -0.25) is 4.79 Å². The predicted octanol–water partition coefficient (Wildman–Crippen LogP) is 0.548. The van der Waals surface area contributed by atoms with Crippen molar-refractivity contribution in [3.05, 3.63) is 0 Å².